The maximum Gasteiger partial charge on any atom is 0.0541 e. The Morgan fingerprint density at radius 1 is 0.236 bits per heavy atom. The maximum absolute atomic E-state index is 2.41. The van der Waals surface area contributed by atoms with Crippen LogP contribution in [0.5, 0.6) is 0 Å². The Labute approximate surface area is 422 Å². The number of fused-ring (bicyclic) bond motifs is 8. The Morgan fingerprint density at radius 3 is 0.847 bits per heavy atom. The fraction of sp³-hybridized carbons (Fsp3) is 0.114. The van der Waals surface area contributed by atoms with Gasteiger partial charge in [-0.15, -0.1) is 0 Å². The second-order valence-electron chi connectivity index (χ2n) is 21.8. The molecule has 0 aliphatic rings. The van der Waals surface area contributed by atoms with Gasteiger partial charge < -0.3 is 9.13 Å². The van der Waals surface area contributed by atoms with Gasteiger partial charge in [-0.2, -0.15) is 0 Å². The van der Waals surface area contributed by atoms with Gasteiger partial charge in [0.25, 0.3) is 0 Å². The minimum Gasteiger partial charge on any atom is -0.309 e. The number of para-hydroxylation sites is 2. The molecule has 13 aromatic rings. The first-order valence-electron chi connectivity index (χ1n) is 25.4. The summed E-state index contributed by atoms with van der Waals surface area (Å²) < 4.78 is 4.82. The van der Waals surface area contributed by atoms with E-state index in [1.54, 1.807) is 0 Å². The van der Waals surface area contributed by atoms with Gasteiger partial charge in [0.05, 0.1) is 22.1 Å². The third-order valence-corrected chi connectivity index (χ3v) is 15.3. The molecule has 2 aromatic heterocycles. The van der Waals surface area contributed by atoms with Gasteiger partial charge in [0, 0.05) is 32.9 Å². The van der Waals surface area contributed by atoms with Crippen LogP contribution in [0.2, 0.25) is 0 Å². The molecule has 0 N–H and O–H groups in total. The summed E-state index contributed by atoms with van der Waals surface area (Å²) in [6.45, 7) is 13.6. The second kappa shape index (κ2) is 16.6. The first-order valence-corrected chi connectivity index (χ1v) is 25.4. The van der Waals surface area contributed by atoms with Gasteiger partial charge in [-0.25, -0.2) is 0 Å². The summed E-state index contributed by atoms with van der Waals surface area (Å²) in [6, 6.07) is 86.1. The van der Waals surface area contributed by atoms with E-state index < -0.39 is 0 Å². The summed E-state index contributed by atoms with van der Waals surface area (Å²) in [5.41, 5.74) is 19.9. The molecule has 0 spiro atoms. The smallest absolute Gasteiger partial charge is 0.0541 e. The zero-order chi connectivity index (χ0) is 48.9. The van der Waals surface area contributed by atoms with Crippen LogP contribution in [0, 0.1) is 0 Å². The lowest BCUT2D eigenvalue weighted by Crippen LogP contribution is -2.10. The quantitative estimate of drug-likeness (QED) is 0.147. The van der Waals surface area contributed by atoms with Crippen molar-refractivity contribution in [3.63, 3.8) is 0 Å². The molecule has 0 radical (unpaired) electrons. The van der Waals surface area contributed by atoms with Crippen LogP contribution in [0.15, 0.2) is 231 Å². The molecule has 11 aromatic carbocycles. The van der Waals surface area contributed by atoms with Gasteiger partial charge in [0.2, 0.25) is 0 Å². The van der Waals surface area contributed by atoms with Crippen LogP contribution < -0.4 is 0 Å². The lowest BCUT2D eigenvalue weighted by molar-refractivity contribution is 0.590. The molecule has 2 heterocycles. The summed E-state index contributed by atoms with van der Waals surface area (Å²) in [5.74, 6) is 0. The van der Waals surface area contributed by atoms with Crippen LogP contribution in [0.4, 0.5) is 0 Å². The largest absolute Gasteiger partial charge is 0.309 e. The lowest BCUT2D eigenvalue weighted by Gasteiger charge is -2.19. The van der Waals surface area contributed by atoms with Crippen LogP contribution in [0.1, 0.15) is 52.7 Å². The Bertz CT molecular complexity index is 3890. The molecule has 0 unspecified atom stereocenters. The average molecular weight is 925 g/mol. The van der Waals surface area contributed by atoms with Gasteiger partial charge in [-0.1, -0.05) is 211 Å². The molecule has 0 aliphatic carbocycles. The van der Waals surface area contributed by atoms with E-state index in [9.17, 15) is 0 Å². The molecule has 0 saturated heterocycles. The van der Waals surface area contributed by atoms with Crippen molar-refractivity contribution in [3.8, 4) is 55.9 Å². The van der Waals surface area contributed by atoms with Crippen molar-refractivity contribution in [2.75, 3.05) is 0 Å². The van der Waals surface area contributed by atoms with E-state index in [1.165, 1.54) is 132 Å². The van der Waals surface area contributed by atoms with E-state index in [-0.39, 0.29) is 10.8 Å². The van der Waals surface area contributed by atoms with E-state index >= 15 is 0 Å². The second-order valence-corrected chi connectivity index (χ2v) is 21.8. The zero-order valence-electron chi connectivity index (χ0n) is 41.8. The highest BCUT2D eigenvalue weighted by molar-refractivity contribution is 6.21. The summed E-state index contributed by atoms with van der Waals surface area (Å²) >= 11 is 0. The molecule has 0 bridgehead atoms. The highest BCUT2D eigenvalue weighted by atomic mass is 15.0. The lowest BCUT2D eigenvalue weighted by atomic mass is 9.85. The van der Waals surface area contributed by atoms with E-state index in [1.807, 2.05) is 0 Å². The molecule has 0 aliphatic heterocycles. The maximum atomic E-state index is 2.41. The summed E-state index contributed by atoms with van der Waals surface area (Å²) in [6.07, 6.45) is 0. The SMILES string of the molecule is CC(C)(C)c1ccc(-n2c3ccccc3c3cc(-c4ccc(-c5c6ccccc6c(-c6ccc(-c7ccc8c(c7)c7ccccc7n8-c7ccc(C(C)(C)C)cc7)cc6)c6ccccc56)cc4)ccc32)cc1. The van der Waals surface area contributed by atoms with Crippen molar-refractivity contribution in [2.45, 2.75) is 52.4 Å². The number of rotatable bonds is 6. The Morgan fingerprint density at radius 2 is 0.514 bits per heavy atom. The normalized spacial score (nSPS) is 12.3. The minimum absolute atomic E-state index is 0.103. The van der Waals surface area contributed by atoms with Gasteiger partial charge in [0.1, 0.15) is 0 Å². The van der Waals surface area contributed by atoms with Crippen LogP contribution >= 0.6 is 0 Å². The Kier molecular flexibility index (Phi) is 10.0. The Balaban J connectivity index is 0.854. The van der Waals surface area contributed by atoms with Crippen molar-refractivity contribution in [1.82, 2.24) is 9.13 Å². The molecular formula is C70H56N2. The van der Waals surface area contributed by atoms with Crippen LogP contribution in [0.3, 0.4) is 0 Å². The number of aromatic nitrogens is 2. The van der Waals surface area contributed by atoms with Gasteiger partial charge in [-0.3, -0.25) is 0 Å². The molecular weight excluding hydrogens is 869 g/mol. The van der Waals surface area contributed by atoms with Gasteiger partial charge in [0.15, 0.2) is 0 Å². The predicted molar refractivity (Wildman–Crippen MR) is 309 cm³/mol. The summed E-state index contributed by atoms with van der Waals surface area (Å²) in [7, 11) is 0. The fourth-order valence-electron chi connectivity index (χ4n) is 11.5. The predicted octanol–water partition coefficient (Wildman–Crippen LogP) is 19.5. The number of hydrogen-bond acceptors (Lipinski definition) is 0. The first kappa shape index (κ1) is 43.6. The molecule has 346 valence electrons. The third-order valence-electron chi connectivity index (χ3n) is 15.3. The van der Waals surface area contributed by atoms with E-state index in [0.717, 1.165) is 0 Å². The van der Waals surface area contributed by atoms with Gasteiger partial charge >= 0.3 is 0 Å². The number of hydrogen-bond donors (Lipinski definition) is 0. The minimum atomic E-state index is 0.103. The molecule has 0 saturated carbocycles. The summed E-state index contributed by atoms with van der Waals surface area (Å²) in [4.78, 5) is 0. The van der Waals surface area contributed by atoms with Crippen molar-refractivity contribution < 1.29 is 0 Å². The third kappa shape index (κ3) is 7.16. The van der Waals surface area contributed by atoms with Gasteiger partial charge in [-0.05, 0) is 149 Å². The molecule has 0 atom stereocenters. The van der Waals surface area contributed by atoms with Crippen LogP contribution in [-0.2, 0) is 10.8 Å². The number of nitrogens with zero attached hydrogens (tertiary/aromatic N) is 2. The molecule has 2 heteroatoms. The highest BCUT2D eigenvalue weighted by Gasteiger charge is 2.21. The topological polar surface area (TPSA) is 9.86 Å². The highest BCUT2D eigenvalue weighted by Crippen LogP contribution is 2.45. The van der Waals surface area contributed by atoms with E-state index in [0.29, 0.717) is 0 Å². The first-order chi connectivity index (χ1) is 35.0. The molecule has 0 amide bonds. The standard InChI is InChI=1S/C70H56N2/c1-69(2,3)51-33-37-53(38-34-51)71-63-21-13-11-15-55(63)61-43-49(31-41-65(61)71)45-23-27-47(28-24-45)67-57-17-7-9-19-59(57)68(60-20-10-8-18-58(60)67)48-29-25-46(26-30-48)50-32-42-66-62(44-50)56-16-12-14-22-64(56)72(66)54-39-35-52(36-40-54)70(4,5)6/h7-44H,1-6H3. The van der Waals surface area contributed by atoms with Crippen molar-refractivity contribution in [2.24, 2.45) is 0 Å². The van der Waals surface area contributed by atoms with Crippen molar-refractivity contribution in [1.29, 1.82) is 0 Å². The zero-order valence-corrected chi connectivity index (χ0v) is 41.8. The average Bonchev–Trinajstić information content (AvgIpc) is 3.92. The van der Waals surface area contributed by atoms with E-state index in [2.05, 4.69) is 281 Å². The van der Waals surface area contributed by atoms with Crippen molar-refractivity contribution in [3.05, 3.63) is 242 Å². The van der Waals surface area contributed by atoms with Crippen LogP contribution in [0.25, 0.3) is 121 Å². The molecule has 13 rings (SSSR count). The molecule has 2 nitrogen and oxygen atoms in total. The monoisotopic (exact) mass is 924 g/mol. The number of benzene rings is 11. The Hall–Kier alpha value is -8.46. The van der Waals surface area contributed by atoms with Crippen molar-refractivity contribution >= 4 is 65.2 Å². The van der Waals surface area contributed by atoms with Crippen LogP contribution in [-0.4, -0.2) is 9.13 Å². The fourth-order valence-corrected chi connectivity index (χ4v) is 11.5. The summed E-state index contributed by atoms with van der Waals surface area (Å²) in [5, 5.41) is 10.1. The van der Waals surface area contributed by atoms with E-state index in [4.69, 9.17) is 0 Å². The molecule has 0 fully saturated rings. The molecule has 72 heavy (non-hydrogen) atoms.